The Labute approximate surface area is 221 Å². The number of amides is 1. The Balaban J connectivity index is 1.31. The molecule has 196 valence electrons. The van der Waals surface area contributed by atoms with Crippen LogP contribution in [0.5, 0.6) is 0 Å². The molecular formula is C26H28N8O3S. The van der Waals surface area contributed by atoms with Crippen LogP contribution in [0.2, 0.25) is 0 Å². The second kappa shape index (κ2) is 10.00. The fourth-order valence-corrected chi connectivity index (χ4v) is 6.88. The van der Waals surface area contributed by atoms with Crippen LogP contribution in [0.3, 0.4) is 0 Å². The second-order valence-electron chi connectivity index (χ2n) is 9.73. The van der Waals surface area contributed by atoms with E-state index in [0.29, 0.717) is 17.3 Å². The van der Waals surface area contributed by atoms with Crippen molar-refractivity contribution >= 4 is 33.3 Å². The highest BCUT2D eigenvalue weighted by Crippen LogP contribution is 2.42. The molecule has 1 amide bonds. The first-order valence-corrected chi connectivity index (χ1v) is 13.8. The molecule has 1 aromatic carbocycles. The van der Waals surface area contributed by atoms with Gasteiger partial charge in [0.05, 0.1) is 29.6 Å². The first-order valence-electron chi connectivity index (χ1n) is 12.3. The Morgan fingerprint density at radius 3 is 2.61 bits per heavy atom. The van der Waals surface area contributed by atoms with Gasteiger partial charge in [-0.3, -0.25) is 9.48 Å². The Morgan fingerprint density at radius 1 is 1.26 bits per heavy atom. The lowest BCUT2D eigenvalue weighted by Gasteiger charge is -2.48. The molecule has 2 fully saturated rings. The zero-order chi connectivity index (χ0) is 26.9. The number of nitriles is 1. The zero-order valence-corrected chi connectivity index (χ0v) is 21.7. The van der Waals surface area contributed by atoms with Crippen LogP contribution in [-0.4, -0.2) is 56.7 Å². The van der Waals surface area contributed by atoms with Crippen molar-refractivity contribution in [3.8, 4) is 17.3 Å². The highest BCUT2D eigenvalue weighted by molar-refractivity contribution is 7.90. The Morgan fingerprint density at radius 2 is 1.97 bits per heavy atom. The van der Waals surface area contributed by atoms with Gasteiger partial charge in [0.1, 0.15) is 5.54 Å². The number of carbonyl (C=O) groups is 1. The third-order valence-electron chi connectivity index (χ3n) is 6.85. The smallest absolute Gasteiger partial charge is 0.227 e. The summed E-state index contributed by atoms with van der Waals surface area (Å²) in [5.41, 5.74) is 2.04. The fraction of sp³-hybridized carbons (Fsp3) is 0.346. The quantitative estimate of drug-likeness (QED) is 0.378. The average Bonchev–Trinajstić information content (AvgIpc) is 3.56. The van der Waals surface area contributed by atoms with E-state index in [1.54, 1.807) is 41.5 Å². The largest absolute Gasteiger partial charge is 0.326 e. The van der Waals surface area contributed by atoms with Crippen molar-refractivity contribution < 1.29 is 13.2 Å². The summed E-state index contributed by atoms with van der Waals surface area (Å²) in [6, 6.07) is 11.1. The lowest BCUT2D eigenvalue weighted by Crippen LogP contribution is -2.65. The maximum Gasteiger partial charge on any atom is 0.227 e. The summed E-state index contributed by atoms with van der Waals surface area (Å²) in [6.45, 7) is 5.56. The van der Waals surface area contributed by atoms with Crippen molar-refractivity contribution in [1.82, 2.24) is 24.1 Å². The number of benzene rings is 1. The third-order valence-corrected chi connectivity index (χ3v) is 9.10. The molecule has 2 aliphatic rings. The van der Waals surface area contributed by atoms with Crippen LogP contribution in [-0.2, 0) is 20.4 Å². The Bertz CT molecular complexity index is 1500. The van der Waals surface area contributed by atoms with Crippen molar-refractivity contribution in [2.75, 3.05) is 23.7 Å². The molecule has 1 aliphatic carbocycles. The standard InChI is InChI=1S/C26H28N8O3S/c1-3-24(19-4-5-19)38(36,37)33-16-26(17-33,11-12-27)34-15-20(14-29-34)23-10-13-28-25(32-23)31-22-8-6-21(7-9-22)30-18(2)35/h3,6-10,13-15,19,24H,1,4-5,11,16-17H2,2H3,(H,30,35)(H,28,31,32). The summed E-state index contributed by atoms with van der Waals surface area (Å²) in [6.07, 6.45) is 8.53. The maximum atomic E-state index is 13.1. The minimum absolute atomic E-state index is 0.132. The first-order chi connectivity index (χ1) is 18.2. The fourth-order valence-electron chi connectivity index (χ4n) is 4.69. The molecule has 0 bridgehead atoms. The van der Waals surface area contributed by atoms with E-state index in [-0.39, 0.29) is 31.3 Å². The molecule has 2 N–H and O–H groups in total. The van der Waals surface area contributed by atoms with Gasteiger partial charge >= 0.3 is 0 Å². The molecule has 1 aliphatic heterocycles. The molecule has 12 heteroatoms. The van der Waals surface area contributed by atoms with E-state index in [4.69, 9.17) is 0 Å². The van der Waals surface area contributed by atoms with Gasteiger partial charge in [0, 0.05) is 49.3 Å². The van der Waals surface area contributed by atoms with Gasteiger partial charge in [0.2, 0.25) is 21.9 Å². The number of rotatable bonds is 10. The summed E-state index contributed by atoms with van der Waals surface area (Å²) in [4.78, 5) is 20.1. The van der Waals surface area contributed by atoms with Crippen molar-refractivity contribution in [2.45, 2.75) is 37.0 Å². The monoisotopic (exact) mass is 532 g/mol. The number of aromatic nitrogens is 4. The number of carbonyl (C=O) groups excluding carboxylic acids is 1. The van der Waals surface area contributed by atoms with Crippen LogP contribution < -0.4 is 10.6 Å². The van der Waals surface area contributed by atoms with Crippen molar-refractivity contribution in [1.29, 1.82) is 5.26 Å². The summed E-state index contributed by atoms with van der Waals surface area (Å²) >= 11 is 0. The van der Waals surface area contributed by atoms with Gasteiger partial charge in [-0.05, 0) is 49.1 Å². The van der Waals surface area contributed by atoms with E-state index in [1.165, 1.54) is 17.3 Å². The molecule has 1 saturated carbocycles. The van der Waals surface area contributed by atoms with Gasteiger partial charge in [-0.25, -0.2) is 18.4 Å². The first kappa shape index (κ1) is 25.6. The Hall–Kier alpha value is -4.08. The van der Waals surface area contributed by atoms with E-state index in [0.717, 1.165) is 24.1 Å². The van der Waals surface area contributed by atoms with Gasteiger partial charge in [0.25, 0.3) is 0 Å². The van der Waals surface area contributed by atoms with E-state index >= 15 is 0 Å². The Kier molecular flexibility index (Phi) is 6.73. The predicted molar refractivity (Wildman–Crippen MR) is 143 cm³/mol. The molecule has 3 heterocycles. The van der Waals surface area contributed by atoms with Gasteiger partial charge in [-0.15, -0.1) is 6.58 Å². The zero-order valence-electron chi connectivity index (χ0n) is 20.9. The van der Waals surface area contributed by atoms with Gasteiger partial charge in [-0.2, -0.15) is 14.7 Å². The van der Waals surface area contributed by atoms with Crippen molar-refractivity contribution in [3.63, 3.8) is 0 Å². The molecule has 1 unspecified atom stereocenters. The summed E-state index contributed by atoms with van der Waals surface area (Å²) in [7, 11) is -3.52. The maximum absolute atomic E-state index is 13.1. The van der Waals surface area contributed by atoms with Gasteiger partial charge in [-0.1, -0.05) is 6.08 Å². The normalized spacial score (nSPS) is 17.6. The highest BCUT2D eigenvalue weighted by Gasteiger charge is 2.53. The van der Waals surface area contributed by atoms with Gasteiger partial charge < -0.3 is 10.6 Å². The summed E-state index contributed by atoms with van der Waals surface area (Å²) in [5, 5.41) is 19.3. The number of sulfonamides is 1. The van der Waals surface area contributed by atoms with Gasteiger partial charge in [0.15, 0.2) is 0 Å². The van der Waals surface area contributed by atoms with Crippen LogP contribution in [0.25, 0.3) is 11.3 Å². The number of hydrogen-bond acceptors (Lipinski definition) is 8. The molecule has 38 heavy (non-hydrogen) atoms. The molecular weight excluding hydrogens is 504 g/mol. The molecule has 1 saturated heterocycles. The van der Waals surface area contributed by atoms with Crippen LogP contribution in [0, 0.1) is 17.2 Å². The molecule has 2 aromatic heterocycles. The minimum atomic E-state index is -3.52. The number of hydrogen-bond donors (Lipinski definition) is 2. The van der Waals surface area contributed by atoms with Crippen LogP contribution in [0.15, 0.2) is 61.6 Å². The van der Waals surface area contributed by atoms with Crippen molar-refractivity contribution in [3.05, 3.63) is 61.6 Å². The molecule has 1 atom stereocenters. The second-order valence-corrected chi connectivity index (χ2v) is 11.8. The summed E-state index contributed by atoms with van der Waals surface area (Å²) < 4.78 is 29.4. The van der Waals surface area contributed by atoms with E-state index < -0.39 is 20.8 Å². The number of nitrogens with zero attached hydrogens (tertiary/aromatic N) is 6. The predicted octanol–water partition coefficient (Wildman–Crippen LogP) is 3.26. The van der Waals surface area contributed by atoms with Crippen LogP contribution in [0.4, 0.5) is 17.3 Å². The molecule has 3 aromatic rings. The van der Waals surface area contributed by atoms with Crippen molar-refractivity contribution in [2.24, 2.45) is 5.92 Å². The lowest BCUT2D eigenvalue weighted by molar-refractivity contribution is -0.114. The third kappa shape index (κ3) is 5.03. The van der Waals surface area contributed by atoms with Crippen LogP contribution in [0.1, 0.15) is 26.2 Å². The minimum Gasteiger partial charge on any atom is -0.326 e. The number of nitrogens with one attached hydrogen (secondary N) is 2. The topological polar surface area (TPSA) is 146 Å². The molecule has 0 radical (unpaired) electrons. The van der Waals surface area contributed by atoms with Crippen LogP contribution >= 0.6 is 0 Å². The number of anilines is 3. The molecule has 11 nitrogen and oxygen atoms in total. The molecule has 0 spiro atoms. The van der Waals surface area contributed by atoms with E-state index in [2.05, 4.69) is 38.3 Å². The van der Waals surface area contributed by atoms with E-state index in [1.807, 2.05) is 12.1 Å². The lowest BCUT2D eigenvalue weighted by atomic mass is 9.89. The SMILES string of the molecule is C=CC(C1CC1)S(=O)(=O)N1CC(CC#N)(n2cc(-c3ccnc(Nc4ccc(NC(C)=O)cc4)n3)cn2)C1. The molecule has 5 rings (SSSR count). The summed E-state index contributed by atoms with van der Waals surface area (Å²) in [5.74, 6) is 0.371. The average molecular weight is 533 g/mol. The van der Waals surface area contributed by atoms with E-state index in [9.17, 15) is 18.5 Å². The highest BCUT2D eigenvalue weighted by atomic mass is 32.2.